The van der Waals surface area contributed by atoms with Gasteiger partial charge in [-0.25, -0.2) is 0 Å². The van der Waals surface area contributed by atoms with Crippen molar-refractivity contribution >= 4 is 0 Å². The Labute approximate surface area is 471 Å². The molecule has 0 fully saturated rings. The van der Waals surface area contributed by atoms with E-state index in [0.717, 1.165) is 27.9 Å². The van der Waals surface area contributed by atoms with E-state index in [0.29, 0.717) is 0 Å². The van der Waals surface area contributed by atoms with E-state index in [1.165, 1.54) is 89.0 Å². The van der Waals surface area contributed by atoms with E-state index < -0.39 is 16.4 Å². The molecule has 77 heavy (non-hydrogen) atoms. The van der Waals surface area contributed by atoms with Gasteiger partial charge in [-0.3, -0.25) is 4.98 Å². The van der Waals surface area contributed by atoms with E-state index in [1.807, 2.05) is 10.8 Å². The van der Waals surface area contributed by atoms with Crippen molar-refractivity contribution in [2.75, 3.05) is 0 Å². The molecule has 2 heterocycles. The van der Waals surface area contributed by atoms with Gasteiger partial charge in [-0.15, -0.1) is 22.3 Å². The zero-order valence-electron chi connectivity index (χ0n) is 46.1. The van der Waals surface area contributed by atoms with Crippen LogP contribution in [-0.2, 0) is 60.7 Å². The molecule has 0 spiro atoms. The molecule has 4 heteroatoms. The molecule has 3 unspecified atom stereocenters. The Morgan fingerprint density at radius 1 is 0.429 bits per heavy atom. The minimum Gasteiger partial charge on any atom is -0.354 e. The molecule has 0 bridgehead atoms. The molecule has 3 aliphatic carbocycles. The molecule has 0 saturated heterocycles. The van der Waals surface area contributed by atoms with Crippen molar-refractivity contribution in [1.82, 2.24) is 9.55 Å². The van der Waals surface area contributed by atoms with Gasteiger partial charge in [0.2, 0.25) is 6.33 Å². The van der Waals surface area contributed by atoms with Gasteiger partial charge >= 0.3 is 0 Å². The predicted molar refractivity (Wildman–Crippen MR) is 309 cm³/mol. The predicted octanol–water partition coefficient (Wildman–Crippen LogP) is 15.9. The van der Waals surface area contributed by atoms with E-state index in [9.17, 15) is 0 Å². The summed E-state index contributed by atoms with van der Waals surface area (Å²) in [7, 11) is 2.06. The normalized spacial score (nSPS) is 18.9. The number of imidazole rings is 1. The van der Waals surface area contributed by atoms with E-state index in [4.69, 9.17) is 4.98 Å². The summed E-state index contributed by atoms with van der Waals surface area (Å²) in [6, 6.07) is 75.7. The first-order valence-electron chi connectivity index (χ1n) is 27.1. The Morgan fingerprint density at radius 3 is 1.34 bits per heavy atom. The molecule has 0 aliphatic heterocycles. The smallest absolute Gasteiger partial charge is 0.204 e. The monoisotopic (exact) mass is 1180 g/mol. The molecule has 10 aromatic rings. The van der Waals surface area contributed by atoms with E-state index in [1.54, 1.807) is 0 Å². The summed E-state index contributed by atoms with van der Waals surface area (Å²) in [5.74, 6) is 0. The SMILES string of the molecule is Cc1ccnc(C2(c3[c-]c(C4(c5[c-]c(C6(n7[c-][n+](C)cc7)c7ccccc7-c7cc(C(C)(C)C)ccc76)ccc5)c5ccccc5-c5cc(C(C)(C)C)ccc54)ccc3)c3ccccc3-c3cc(C(C)(C)C)ccc32)c1.[Pt]. The number of hydrogen-bond acceptors (Lipinski definition) is 1. The van der Waals surface area contributed by atoms with Crippen molar-refractivity contribution in [2.24, 2.45) is 7.05 Å². The number of rotatable bonds is 6. The third-order valence-electron chi connectivity index (χ3n) is 17.3. The Balaban J connectivity index is 0.00000596. The first kappa shape index (κ1) is 50.6. The molecular weight excluding hydrogens is 1110 g/mol. The topological polar surface area (TPSA) is 21.7 Å². The third-order valence-corrected chi connectivity index (χ3v) is 17.3. The molecule has 384 valence electrons. The zero-order chi connectivity index (χ0) is 52.7. The number of nitrogens with zero attached hydrogens (tertiary/aromatic N) is 3. The van der Waals surface area contributed by atoms with Crippen LogP contribution in [0.3, 0.4) is 0 Å². The summed E-state index contributed by atoms with van der Waals surface area (Å²) in [5.41, 5.74) is 22.5. The van der Waals surface area contributed by atoms with Crippen LogP contribution >= 0.6 is 0 Å². The first-order valence-corrected chi connectivity index (χ1v) is 27.1. The standard InChI is InChI=1S/C73H65N3.Pt/c1-47-36-37-74-67(40-47)72(62-28-16-13-25-56(62)59-44-49(69(5,6)7)31-34-64(59)72)53-22-18-20-51(41-53)71(61-27-15-12-24-55(61)58-43-48(68(2,3)4)30-33-63(58)71)52-21-19-23-54(42-52)73(76-39-38-75(11)46-76)65-29-17-14-26-57(65)60-45-50(70(8,9)10)32-35-66(60)73;/h12-40,43-45H,1-11H3;/q-2;. The molecule has 3 aliphatic rings. The first-order chi connectivity index (χ1) is 36.4. The minimum atomic E-state index is -0.851. The van der Waals surface area contributed by atoms with Crippen molar-refractivity contribution in [3.8, 4) is 33.4 Å². The second kappa shape index (κ2) is 17.7. The van der Waals surface area contributed by atoms with Gasteiger partial charge in [-0.05, 0) is 126 Å². The zero-order valence-corrected chi connectivity index (χ0v) is 48.4. The largest absolute Gasteiger partial charge is 0.354 e. The maximum Gasteiger partial charge on any atom is 0.204 e. The van der Waals surface area contributed by atoms with Crippen LogP contribution in [0.25, 0.3) is 33.4 Å². The van der Waals surface area contributed by atoms with Gasteiger partial charge in [0.15, 0.2) is 0 Å². The van der Waals surface area contributed by atoms with Crippen LogP contribution in [0, 0.1) is 25.4 Å². The van der Waals surface area contributed by atoms with Crippen LogP contribution < -0.4 is 4.57 Å². The number of aromatic nitrogens is 3. The van der Waals surface area contributed by atoms with Gasteiger partial charge in [0, 0.05) is 43.8 Å². The van der Waals surface area contributed by atoms with Crippen LogP contribution in [0.1, 0.15) is 146 Å². The summed E-state index contributed by atoms with van der Waals surface area (Å²) >= 11 is 0. The molecule has 3 nitrogen and oxygen atoms in total. The fourth-order valence-electron chi connectivity index (χ4n) is 13.5. The van der Waals surface area contributed by atoms with Gasteiger partial charge in [0.1, 0.15) is 5.54 Å². The number of aryl methyl sites for hydroxylation is 2. The van der Waals surface area contributed by atoms with Crippen LogP contribution in [-0.4, -0.2) is 9.55 Å². The van der Waals surface area contributed by atoms with Gasteiger partial charge in [0.25, 0.3) is 0 Å². The van der Waals surface area contributed by atoms with E-state index in [2.05, 4.69) is 288 Å². The molecule has 0 N–H and O–H groups in total. The molecule has 0 amide bonds. The molecule has 8 aromatic carbocycles. The Kier molecular flexibility index (Phi) is 11.6. The maximum absolute atomic E-state index is 5.36. The Bertz CT molecular complexity index is 4000. The second-order valence-electron chi connectivity index (χ2n) is 24.9. The van der Waals surface area contributed by atoms with Crippen LogP contribution in [0.2, 0.25) is 0 Å². The van der Waals surface area contributed by atoms with Crippen LogP contribution in [0.15, 0.2) is 195 Å². The molecule has 0 saturated carbocycles. The summed E-state index contributed by atoms with van der Waals surface area (Å²) < 4.78 is 4.34. The van der Waals surface area contributed by atoms with Gasteiger partial charge < -0.3 is 9.13 Å². The van der Waals surface area contributed by atoms with Crippen molar-refractivity contribution in [3.63, 3.8) is 0 Å². The van der Waals surface area contributed by atoms with Crippen molar-refractivity contribution in [2.45, 2.75) is 102 Å². The Hall–Kier alpha value is -7.19. The van der Waals surface area contributed by atoms with Crippen molar-refractivity contribution < 1.29 is 25.6 Å². The van der Waals surface area contributed by atoms with Gasteiger partial charge in [-0.2, -0.15) is 48.5 Å². The fourth-order valence-corrected chi connectivity index (χ4v) is 13.5. The fraction of sp³-hybridized carbons (Fsp3) is 0.233. The number of benzene rings is 8. The number of hydrogen-bond donors (Lipinski definition) is 0. The van der Waals surface area contributed by atoms with E-state index >= 15 is 0 Å². The van der Waals surface area contributed by atoms with E-state index in [-0.39, 0.29) is 37.3 Å². The Morgan fingerprint density at radius 2 is 0.831 bits per heavy atom. The average molecular weight is 1180 g/mol. The molecular formula is C73H65N3Pt-2. The second-order valence-corrected chi connectivity index (χ2v) is 24.9. The molecule has 2 aromatic heterocycles. The quantitative estimate of drug-likeness (QED) is 0.120. The minimum absolute atomic E-state index is 0. The average Bonchev–Trinajstić information content (AvgIpc) is 3.80. The third kappa shape index (κ3) is 7.25. The van der Waals surface area contributed by atoms with Crippen LogP contribution in [0.5, 0.6) is 0 Å². The summed E-state index contributed by atoms with van der Waals surface area (Å²) in [6.07, 6.45) is 10.0. The maximum atomic E-state index is 5.36. The summed E-state index contributed by atoms with van der Waals surface area (Å²) in [4.78, 5) is 5.36. The summed E-state index contributed by atoms with van der Waals surface area (Å²) in [6.45, 7) is 23.0. The molecule has 0 radical (unpaired) electrons. The summed E-state index contributed by atoms with van der Waals surface area (Å²) in [5, 5.41) is 0. The number of fused-ring (bicyclic) bond motifs is 9. The molecule has 13 rings (SSSR count). The van der Waals surface area contributed by atoms with Crippen molar-refractivity contribution in [1.29, 1.82) is 0 Å². The number of pyridine rings is 1. The van der Waals surface area contributed by atoms with Crippen LogP contribution in [0.4, 0.5) is 0 Å². The molecule has 3 atom stereocenters. The van der Waals surface area contributed by atoms with Crippen molar-refractivity contribution in [3.05, 3.63) is 297 Å². The van der Waals surface area contributed by atoms with Gasteiger partial charge in [-0.1, -0.05) is 190 Å². The van der Waals surface area contributed by atoms with Gasteiger partial charge in [0.05, 0.1) is 18.2 Å².